The summed E-state index contributed by atoms with van der Waals surface area (Å²) in [5.41, 5.74) is 1.90. The van der Waals surface area contributed by atoms with Gasteiger partial charge >= 0.3 is 6.18 Å². The van der Waals surface area contributed by atoms with Gasteiger partial charge in [0.15, 0.2) is 0 Å². The summed E-state index contributed by atoms with van der Waals surface area (Å²) in [7, 11) is 0. The molecule has 1 heterocycles. The number of benzene rings is 1. The summed E-state index contributed by atoms with van der Waals surface area (Å²) >= 11 is 0. The Balaban J connectivity index is 2.19. The van der Waals surface area contributed by atoms with E-state index in [1.54, 1.807) is 25.1 Å². The molecule has 0 saturated heterocycles. The number of anilines is 1. The maximum atomic E-state index is 12.0. The summed E-state index contributed by atoms with van der Waals surface area (Å²) in [5.74, 6) is 0.739. The first-order valence-electron chi connectivity index (χ1n) is 4.71. The minimum atomic E-state index is -4.21. The van der Waals surface area contributed by atoms with E-state index in [1.165, 1.54) is 0 Å². The van der Waals surface area contributed by atoms with Crippen molar-refractivity contribution >= 4 is 16.7 Å². The molecule has 0 unspecified atom stereocenters. The van der Waals surface area contributed by atoms with Crippen LogP contribution < -0.4 is 5.32 Å². The molecule has 0 aliphatic heterocycles. The summed E-state index contributed by atoms with van der Waals surface area (Å²) in [5, 5.41) is 2.31. The first-order chi connectivity index (χ1) is 7.44. The fourth-order valence-electron chi connectivity index (χ4n) is 1.45. The Morgan fingerprint density at radius 3 is 2.81 bits per heavy atom. The molecule has 2 N–H and O–H groups in total. The molecule has 0 radical (unpaired) electrons. The molecule has 2 aromatic rings. The molecule has 0 atom stereocenters. The van der Waals surface area contributed by atoms with Crippen LogP contribution in [0.3, 0.4) is 0 Å². The van der Waals surface area contributed by atoms with E-state index in [1.807, 2.05) is 0 Å². The topological polar surface area (TPSA) is 40.7 Å². The molecule has 0 aliphatic rings. The third-order valence-corrected chi connectivity index (χ3v) is 2.09. The lowest BCUT2D eigenvalue weighted by Crippen LogP contribution is -2.21. The van der Waals surface area contributed by atoms with Crippen molar-refractivity contribution in [2.75, 3.05) is 11.9 Å². The van der Waals surface area contributed by atoms with E-state index in [4.69, 9.17) is 0 Å². The molecule has 0 saturated carbocycles. The maximum Gasteiger partial charge on any atom is 0.405 e. The average molecular weight is 229 g/mol. The third kappa shape index (κ3) is 2.44. The highest BCUT2D eigenvalue weighted by Crippen LogP contribution is 2.20. The van der Waals surface area contributed by atoms with Crippen LogP contribution in [0.4, 0.5) is 18.9 Å². The van der Waals surface area contributed by atoms with Gasteiger partial charge in [0, 0.05) is 5.69 Å². The van der Waals surface area contributed by atoms with Crippen LogP contribution in [-0.4, -0.2) is 22.7 Å². The summed E-state index contributed by atoms with van der Waals surface area (Å²) in [6, 6.07) is 4.87. The van der Waals surface area contributed by atoms with Crippen LogP contribution in [0, 0.1) is 6.92 Å². The predicted octanol–water partition coefficient (Wildman–Crippen LogP) is 2.85. The van der Waals surface area contributed by atoms with Gasteiger partial charge in [0.05, 0.1) is 11.0 Å². The van der Waals surface area contributed by atoms with Gasteiger partial charge in [0.1, 0.15) is 12.4 Å². The van der Waals surface area contributed by atoms with Crippen molar-refractivity contribution in [2.24, 2.45) is 0 Å². The number of aromatic nitrogens is 2. The van der Waals surface area contributed by atoms with Crippen LogP contribution in [0.15, 0.2) is 18.2 Å². The smallest absolute Gasteiger partial charge is 0.376 e. The summed E-state index contributed by atoms with van der Waals surface area (Å²) in [4.78, 5) is 7.12. The quantitative estimate of drug-likeness (QED) is 0.831. The highest BCUT2D eigenvalue weighted by atomic mass is 19.4. The first-order valence-corrected chi connectivity index (χ1v) is 4.71. The highest BCUT2D eigenvalue weighted by Gasteiger charge is 2.26. The van der Waals surface area contributed by atoms with Gasteiger partial charge in [-0.25, -0.2) is 4.98 Å². The van der Waals surface area contributed by atoms with Crippen molar-refractivity contribution < 1.29 is 13.2 Å². The van der Waals surface area contributed by atoms with Gasteiger partial charge in [-0.2, -0.15) is 13.2 Å². The number of H-pyrrole nitrogens is 1. The lowest BCUT2D eigenvalue weighted by Gasteiger charge is -2.08. The number of nitrogens with one attached hydrogen (secondary N) is 2. The minimum Gasteiger partial charge on any atom is -0.376 e. The summed E-state index contributed by atoms with van der Waals surface area (Å²) < 4.78 is 35.9. The number of alkyl halides is 3. The van der Waals surface area contributed by atoms with Gasteiger partial charge in [-0.1, -0.05) is 0 Å². The zero-order valence-corrected chi connectivity index (χ0v) is 8.52. The van der Waals surface area contributed by atoms with Gasteiger partial charge < -0.3 is 10.3 Å². The number of hydrogen-bond donors (Lipinski definition) is 2. The molecule has 1 aromatic carbocycles. The lowest BCUT2D eigenvalue weighted by molar-refractivity contribution is -0.115. The van der Waals surface area contributed by atoms with Crippen LogP contribution in [0.2, 0.25) is 0 Å². The van der Waals surface area contributed by atoms with Crippen molar-refractivity contribution in [3.8, 4) is 0 Å². The van der Waals surface area contributed by atoms with E-state index in [0.717, 1.165) is 16.9 Å². The van der Waals surface area contributed by atoms with Gasteiger partial charge in [-0.3, -0.25) is 0 Å². The molecule has 3 nitrogen and oxygen atoms in total. The molecule has 0 fully saturated rings. The second-order valence-electron chi connectivity index (χ2n) is 3.52. The molecule has 1 aromatic heterocycles. The monoisotopic (exact) mass is 229 g/mol. The summed E-state index contributed by atoms with van der Waals surface area (Å²) in [6.45, 7) is 0.758. The Hall–Kier alpha value is -1.72. The molecule has 16 heavy (non-hydrogen) atoms. The van der Waals surface area contributed by atoms with E-state index in [9.17, 15) is 13.2 Å². The fraction of sp³-hybridized carbons (Fsp3) is 0.300. The molecule has 0 aliphatic carbocycles. The third-order valence-electron chi connectivity index (χ3n) is 2.09. The van der Waals surface area contributed by atoms with Crippen molar-refractivity contribution in [3.63, 3.8) is 0 Å². The molecular formula is C10H10F3N3. The number of rotatable bonds is 2. The SMILES string of the molecule is Cc1nc2ccc(NCC(F)(F)F)cc2[nH]1. The second kappa shape index (κ2) is 3.70. The van der Waals surface area contributed by atoms with E-state index < -0.39 is 12.7 Å². The van der Waals surface area contributed by atoms with Crippen LogP contribution in [0.1, 0.15) is 5.82 Å². The lowest BCUT2D eigenvalue weighted by atomic mass is 10.3. The Labute approximate surface area is 89.7 Å². The second-order valence-corrected chi connectivity index (χ2v) is 3.52. The van der Waals surface area contributed by atoms with Crippen LogP contribution in [0.5, 0.6) is 0 Å². The zero-order chi connectivity index (χ0) is 11.8. The van der Waals surface area contributed by atoms with Crippen LogP contribution in [-0.2, 0) is 0 Å². The average Bonchev–Trinajstić information content (AvgIpc) is 2.52. The maximum absolute atomic E-state index is 12.0. The van der Waals surface area contributed by atoms with Gasteiger partial charge in [-0.15, -0.1) is 0 Å². The number of imidazole rings is 1. The number of fused-ring (bicyclic) bond motifs is 1. The number of halogens is 3. The Bertz CT molecular complexity index is 501. The Morgan fingerprint density at radius 2 is 2.12 bits per heavy atom. The fourth-order valence-corrected chi connectivity index (χ4v) is 1.45. The molecule has 0 spiro atoms. The standard InChI is InChI=1S/C10H10F3N3/c1-6-15-8-3-2-7(4-9(8)16-6)14-5-10(11,12)13/h2-4,14H,5H2,1H3,(H,15,16). The van der Waals surface area contributed by atoms with Gasteiger partial charge in [-0.05, 0) is 25.1 Å². The van der Waals surface area contributed by atoms with Crippen molar-refractivity contribution in [3.05, 3.63) is 24.0 Å². The van der Waals surface area contributed by atoms with Crippen LogP contribution in [0.25, 0.3) is 11.0 Å². The highest BCUT2D eigenvalue weighted by molar-refractivity contribution is 5.79. The van der Waals surface area contributed by atoms with Crippen molar-refractivity contribution in [2.45, 2.75) is 13.1 Å². The van der Waals surface area contributed by atoms with Gasteiger partial charge in [0.2, 0.25) is 0 Å². The van der Waals surface area contributed by atoms with E-state index in [0.29, 0.717) is 5.69 Å². The van der Waals surface area contributed by atoms with E-state index in [2.05, 4.69) is 15.3 Å². The zero-order valence-electron chi connectivity index (χ0n) is 8.52. The number of nitrogens with zero attached hydrogens (tertiary/aromatic N) is 1. The normalized spacial score (nSPS) is 12.0. The van der Waals surface area contributed by atoms with Crippen molar-refractivity contribution in [1.29, 1.82) is 0 Å². The van der Waals surface area contributed by atoms with Gasteiger partial charge in [0.25, 0.3) is 0 Å². The minimum absolute atomic E-state index is 0.425. The molecular weight excluding hydrogens is 219 g/mol. The molecule has 0 amide bonds. The van der Waals surface area contributed by atoms with Crippen molar-refractivity contribution in [1.82, 2.24) is 9.97 Å². The molecule has 6 heteroatoms. The Kier molecular flexibility index (Phi) is 2.49. The first kappa shape index (κ1) is 10.8. The Morgan fingerprint density at radius 1 is 1.38 bits per heavy atom. The molecule has 2 rings (SSSR count). The molecule has 0 bridgehead atoms. The number of aromatic amines is 1. The number of hydrogen-bond acceptors (Lipinski definition) is 2. The van der Waals surface area contributed by atoms with E-state index >= 15 is 0 Å². The molecule has 86 valence electrons. The summed E-state index contributed by atoms with van der Waals surface area (Å²) in [6.07, 6.45) is -4.21. The van der Waals surface area contributed by atoms with Crippen LogP contribution >= 0.6 is 0 Å². The largest absolute Gasteiger partial charge is 0.405 e. The number of aryl methyl sites for hydroxylation is 1. The van der Waals surface area contributed by atoms with E-state index in [-0.39, 0.29) is 0 Å². The predicted molar refractivity (Wildman–Crippen MR) is 55.4 cm³/mol.